The van der Waals surface area contributed by atoms with Gasteiger partial charge in [0.15, 0.2) is 0 Å². The SMILES string of the molecule is CC(CC#N)(C(=O)O)c1c(F)cccc1F. The number of hydrogen-bond donors (Lipinski definition) is 1. The lowest BCUT2D eigenvalue weighted by Gasteiger charge is -2.23. The third kappa shape index (κ3) is 1.87. The Kier molecular flexibility index (Phi) is 3.23. The number of hydrogen-bond acceptors (Lipinski definition) is 2. The van der Waals surface area contributed by atoms with Crippen LogP contribution in [0.1, 0.15) is 18.9 Å². The molecule has 0 heterocycles. The molecule has 0 saturated carbocycles. The maximum Gasteiger partial charge on any atom is 0.315 e. The minimum atomic E-state index is -1.87. The molecule has 0 aromatic heterocycles. The lowest BCUT2D eigenvalue weighted by Crippen LogP contribution is -2.34. The van der Waals surface area contributed by atoms with E-state index in [1.165, 1.54) is 0 Å². The van der Waals surface area contributed by atoms with E-state index in [0.717, 1.165) is 25.1 Å². The van der Waals surface area contributed by atoms with Gasteiger partial charge in [-0.15, -0.1) is 0 Å². The van der Waals surface area contributed by atoms with Crippen LogP contribution >= 0.6 is 0 Å². The van der Waals surface area contributed by atoms with E-state index in [1.54, 1.807) is 6.07 Å². The Morgan fingerprint density at radius 3 is 2.38 bits per heavy atom. The molecule has 0 saturated heterocycles. The molecule has 1 aromatic rings. The van der Waals surface area contributed by atoms with E-state index in [9.17, 15) is 13.6 Å². The predicted molar refractivity (Wildman–Crippen MR) is 51.6 cm³/mol. The van der Waals surface area contributed by atoms with E-state index < -0.39 is 35.0 Å². The monoisotopic (exact) mass is 225 g/mol. The fourth-order valence-corrected chi connectivity index (χ4v) is 1.45. The van der Waals surface area contributed by atoms with Gasteiger partial charge in [0.25, 0.3) is 0 Å². The summed E-state index contributed by atoms with van der Waals surface area (Å²) in [6.45, 7) is 1.13. The van der Waals surface area contributed by atoms with Gasteiger partial charge in [0.2, 0.25) is 0 Å². The molecule has 0 fully saturated rings. The first-order valence-electron chi connectivity index (χ1n) is 4.48. The van der Waals surface area contributed by atoms with Crippen molar-refractivity contribution in [1.82, 2.24) is 0 Å². The molecule has 1 unspecified atom stereocenters. The second-order valence-corrected chi connectivity index (χ2v) is 3.57. The first-order chi connectivity index (χ1) is 7.43. The van der Waals surface area contributed by atoms with Crippen LogP contribution in [0.5, 0.6) is 0 Å². The molecule has 1 aromatic carbocycles. The smallest absolute Gasteiger partial charge is 0.315 e. The van der Waals surface area contributed by atoms with Crippen LogP contribution in [-0.4, -0.2) is 11.1 Å². The molecule has 0 aliphatic heterocycles. The molecular formula is C11H9F2NO2. The van der Waals surface area contributed by atoms with Crippen LogP contribution in [0, 0.1) is 23.0 Å². The van der Waals surface area contributed by atoms with Gasteiger partial charge in [-0.2, -0.15) is 5.26 Å². The summed E-state index contributed by atoms with van der Waals surface area (Å²) in [7, 11) is 0. The molecule has 1 N–H and O–H groups in total. The van der Waals surface area contributed by atoms with Crippen molar-refractivity contribution in [3.8, 4) is 6.07 Å². The van der Waals surface area contributed by atoms with Crippen LogP contribution in [0.3, 0.4) is 0 Å². The van der Waals surface area contributed by atoms with Gasteiger partial charge >= 0.3 is 5.97 Å². The third-order valence-corrected chi connectivity index (χ3v) is 2.42. The average Bonchev–Trinajstić information content (AvgIpc) is 2.17. The minimum absolute atomic E-state index is 0.500. The standard InChI is InChI=1S/C11H9F2NO2/c1-11(5-6-14,10(15)16)9-7(12)3-2-4-8(9)13/h2-4H,5H2,1H3,(H,15,16). The van der Waals surface area contributed by atoms with Gasteiger partial charge in [0.1, 0.15) is 17.0 Å². The quantitative estimate of drug-likeness (QED) is 0.857. The summed E-state index contributed by atoms with van der Waals surface area (Å²) in [4.78, 5) is 11.0. The van der Waals surface area contributed by atoms with Gasteiger partial charge < -0.3 is 5.11 Å². The summed E-state index contributed by atoms with van der Waals surface area (Å²) < 4.78 is 26.8. The molecule has 5 heteroatoms. The molecular weight excluding hydrogens is 216 g/mol. The fraction of sp³-hybridized carbons (Fsp3) is 0.273. The highest BCUT2D eigenvalue weighted by Crippen LogP contribution is 2.31. The van der Waals surface area contributed by atoms with Crippen LogP contribution in [-0.2, 0) is 10.2 Å². The van der Waals surface area contributed by atoms with Gasteiger partial charge in [0.05, 0.1) is 12.5 Å². The summed E-state index contributed by atoms with van der Waals surface area (Å²) in [6.07, 6.45) is -0.500. The van der Waals surface area contributed by atoms with Crippen LogP contribution < -0.4 is 0 Å². The minimum Gasteiger partial charge on any atom is -0.481 e. The number of carboxylic acids is 1. The zero-order valence-electron chi connectivity index (χ0n) is 8.50. The Bertz CT molecular complexity index is 447. The van der Waals surface area contributed by atoms with E-state index in [0.29, 0.717) is 0 Å². The number of carboxylic acid groups (broad SMARTS) is 1. The Balaban J connectivity index is 3.44. The lowest BCUT2D eigenvalue weighted by molar-refractivity contribution is -0.143. The molecule has 16 heavy (non-hydrogen) atoms. The van der Waals surface area contributed by atoms with Crippen molar-refractivity contribution in [1.29, 1.82) is 5.26 Å². The zero-order chi connectivity index (χ0) is 12.3. The zero-order valence-corrected chi connectivity index (χ0v) is 8.50. The van der Waals surface area contributed by atoms with Crippen LogP contribution in [0.15, 0.2) is 18.2 Å². The number of rotatable bonds is 3. The number of nitrogens with zero attached hydrogens (tertiary/aromatic N) is 1. The Morgan fingerprint density at radius 1 is 1.50 bits per heavy atom. The Labute approximate surface area is 90.9 Å². The summed E-state index contributed by atoms with van der Waals surface area (Å²) in [5, 5.41) is 17.5. The molecule has 0 radical (unpaired) electrons. The van der Waals surface area contributed by atoms with E-state index in [1.807, 2.05) is 0 Å². The average molecular weight is 225 g/mol. The molecule has 0 spiro atoms. The van der Waals surface area contributed by atoms with Crippen LogP contribution in [0.4, 0.5) is 8.78 Å². The molecule has 1 atom stereocenters. The van der Waals surface area contributed by atoms with Crippen molar-refractivity contribution in [2.24, 2.45) is 0 Å². The number of benzene rings is 1. The first kappa shape index (κ1) is 12.1. The summed E-state index contributed by atoms with van der Waals surface area (Å²) >= 11 is 0. The van der Waals surface area contributed by atoms with E-state index in [-0.39, 0.29) is 0 Å². The lowest BCUT2D eigenvalue weighted by atomic mass is 9.79. The van der Waals surface area contributed by atoms with E-state index in [2.05, 4.69) is 0 Å². The largest absolute Gasteiger partial charge is 0.481 e. The van der Waals surface area contributed by atoms with Crippen LogP contribution in [0.25, 0.3) is 0 Å². The van der Waals surface area contributed by atoms with Crippen molar-refractivity contribution in [3.63, 3.8) is 0 Å². The molecule has 0 aliphatic rings. The first-order valence-corrected chi connectivity index (χ1v) is 4.48. The molecule has 0 bridgehead atoms. The number of aliphatic carboxylic acids is 1. The van der Waals surface area contributed by atoms with Crippen LogP contribution in [0.2, 0.25) is 0 Å². The molecule has 3 nitrogen and oxygen atoms in total. The maximum absolute atomic E-state index is 13.4. The fourth-order valence-electron chi connectivity index (χ4n) is 1.45. The van der Waals surface area contributed by atoms with Gasteiger partial charge in [-0.1, -0.05) is 6.07 Å². The number of halogens is 2. The highest BCUT2D eigenvalue weighted by Gasteiger charge is 2.39. The maximum atomic E-state index is 13.4. The molecule has 84 valence electrons. The van der Waals surface area contributed by atoms with Gasteiger partial charge in [-0.3, -0.25) is 4.79 Å². The van der Waals surface area contributed by atoms with Gasteiger partial charge in [-0.05, 0) is 19.1 Å². The number of nitriles is 1. The van der Waals surface area contributed by atoms with Gasteiger partial charge in [0, 0.05) is 5.56 Å². The summed E-state index contributed by atoms with van der Waals surface area (Å²) in [5.74, 6) is -3.35. The topological polar surface area (TPSA) is 61.1 Å². The molecule has 0 aliphatic carbocycles. The van der Waals surface area contributed by atoms with Gasteiger partial charge in [-0.25, -0.2) is 8.78 Å². The highest BCUT2D eigenvalue weighted by atomic mass is 19.1. The van der Waals surface area contributed by atoms with Crippen molar-refractivity contribution in [3.05, 3.63) is 35.4 Å². The molecule has 1 rings (SSSR count). The van der Waals surface area contributed by atoms with E-state index in [4.69, 9.17) is 10.4 Å². The number of carbonyl (C=O) groups is 1. The second kappa shape index (κ2) is 4.27. The third-order valence-electron chi connectivity index (χ3n) is 2.42. The Morgan fingerprint density at radius 2 is 2.00 bits per heavy atom. The molecule has 0 amide bonds. The Hall–Kier alpha value is -1.96. The van der Waals surface area contributed by atoms with E-state index >= 15 is 0 Å². The summed E-state index contributed by atoms with van der Waals surface area (Å²) in [6, 6.07) is 4.71. The predicted octanol–water partition coefficient (Wildman–Crippen LogP) is 2.22. The second-order valence-electron chi connectivity index (χ2n) is 3.57. The normalized spacial score (nSPS) is 13.9. The highest BCUT2D eigenvalue weighted by molar-refractivity contribution is 5.81. The summed E-state index contributed by atoms with van der Waals surface area (Å²) in [5.41, 5.74) is -2.45. The van der Waals surface area contributed by atoms with Crippen molar-refractivity contribution < 1.29 is 18.7 Å². The van der Waals surface area contributed by atoms with Crippen molar-refractivity contribution in [2.45, 2.75) is 18.8 Å². The van der Waals surface area contributed by atoms with Crippen molar-refractivity contribution in [2.75, 3.05) is 0 Å². The van der Waals surface area contributed by atoms with Crippen molar-refractivity contribution >= 4 is 5.97 Å².